The van der Waals surface area contributed by atoms with Gasteiger partial charge >= 0.3 is 5.69 Å². The van der Waals surface area contributed by atoms with Gasteiger partial charge in [-0.1, -0.05) is 12.1 Å². The maximum Gasteiger partial charge on any atom is 0.333 e. The number of hydrogen-bond acceptors (Lipinski definition) is 8. The smallest absolute Gasteiger partial charge is 0.333 e. The Morgan fingerprint density at radius 2 is 1.97 bits per heavy atom. The molecule has 0 N–H and O–H groups in total. The Morgan fingerprint density at radius 1 is 1.23 bits per heavy atom. The number of benzene rings is 1. The van der Waals surface area contributed by atoms with Crippen LogP contribution in [0.15, 0.2) is 44.2 Å². The predicted molar refractivity (Wildman–Crippen MR) is 112 cm³/mol. The van der Waals surface area contributed by atoms with E-state index in [-0.39, 0.29) is 22.9 Å². The van der Waals surface area contributed by atoms with Gasteiger partial charge in [-0.15, -0.1) is 0 Å². The lowest BCUT2D eigenvalue weighted by Crippen LogP contribution is -2.42. The van der Waals surface area contributed by atoms with Gasteiger partial charge in [-0.05, 0) is 13.0 Å². The zero-order valence-electron chi connectivity index (χ0n) is 17.8. The number of allylic oxidation sites excluding steroid dienone is 1. The second-order valence-corrected chi connectivity index (χ2v) is 6.56. The highest BCUT2D eigenvalue weighted by Gasteiger charge is 2.38. The molecule has 1 aliphatic heterocycles. The molecule has 162 valence electrons. The number of hydrogen-bond donors (Lipinski definition) is 0. The first-order valence-corrected chi connectivity index (χ1v) is 9.38. The molecular formula is C21H22N4O6. The third-order valence-corrected chi connectivity index (χ3v) is 4.92. The molecule has 31 heavy (non-hydrogen) atoms. The van der Waals surface area contributed by atoms with Crippen LogP contribution in [-0.2, 0) is 18.8 Å². The lowest BCUT2D eigenvalue weighted by Gasteiger charge is -2.28. The van der Waals surface area contributed by atoms with Crippen LogP contribution < -0.4 is 25.5 Å². The van der Waals surface area contributed by atoms with Crippen molar-refractivity contribution in [3.05, 3.63) is 61.6 Å². The number of ether oxygens (including phenoxy) is 4. The molecule has 0 saturated carbocycles. The normalized spacial score (nSPS) is 15.3. The van der Waals surface area contributed by atoms with Crippen molar-refractivity contribution in [3.8, 4) is 23.4 Å². The Balaban J connectivity index is 2.44. The van der Waals surface area contributed by atoms with Crippen molar-refractivity contribution in [2.75, 3.05) is 20.8 Å². The van der Waals surface area contributed by atoms with E-state index in [1.807, 2.05) is 0 Å². The minimum absolute atomic E-state index is 0.00868. The van der Waals surface area contributed by atoms with Crippen molar-refractivity contribution in [2.24, 2.45) is 19.1 Å². The van der Waals surface area contributed by atoms with Crippen LogP contribution in [0, 0.1) is 11.3 Å². The number of methoxy groups -OCH3 is 2. The van der Waals surface area contributed by atoms with Gasteiger partial charge in [-0.3, -0.25) is 13.9 Å². The Kier molecular flexibility index (Phi) is 6.15. The molecule has 1 aliphatic rings. The highest BCUT2D eigenvalue weighted by Crippen LogP contribution is 2.46. The van der Waals surface area contributed by atoms with Crippen LogP contribution in [0.3, 0.4) is 0 Å². The first kappa shape index (κ1) is 21.7. The highest BCUT2D eigenvalue weighted by atomic mass is 16.5. The van der Waals surface area contributed by atoms with Gasteiger partial charge in [-0.2, -0.15) is 10.3 Å². The van der Waals surface area contributed by atoms with Crippen LogP contribution in [-0.4, -0.2) is 36.4 Å². The zero-order chi connectivity index (χ0) is 22.7. The molecule has 10 nitrogen and oxygen atoms in total. The standard InChI is InChI=1S/C21H22N4O6/c1-6-30-11-23-18-13(10-22)15(12-8-7-9-14(28-4)17(12)29-5)16-19(26)24(2)21(27)25(3)20(16)31-18/h7-9,11,15H,6H2,1-5H3/b23-11+. The van der Waals surface area contributed by atoms with Gasteiger partial charge in [0.25, 0.3) is 5.56 Å². The molecule has 1 aromatic carbocycles. The van der Waals surface area contributed by atoms with E-state index in [1.165, 1.54) is 32.9 Å². The van der Waals surface area contributed by atoms with Gasteiger partial charge in [0, 0.05) is 19.7 Å². The molecule has 1 atom stereocenters. The van der Waals surface area contributed by atoms with E-state index in [0.717, 1.165) is 11.0 Å². The number of fused-ring (bicyclic) bond motifs is 1. The van der Waals surface area contributed by atoms with Crippen LogP contribution in [0.25, 0.3) is 0 Å². The molecule has 2 heterocycles. The Morgan fingerprint density at radius 3 is 2.58 bits per heavy atom. The van der Waals surface area contributed by atoms with E-state index in [9.17, 15) is 14.9 Å². The van der Waals surface area contributed by atoms with Gasteiger partial charge in [0.1, 0.15) is 11.6 Å². The molecular weight excluding hydrogens is 404 g/mol. The number of nitrogens with zero attached hydrogens (tertiary/aromatic N) is 4. The molecule has 0 fully saturated rings. The van der Waals surface area contributed by atoms with Gasteiger partial charge in [0.15, 0.2) is 17.9 Å². The minimum atomic E-state index is -0.918. The molecule has 0 saturated heterocycles. The molecule has 1 aromatic heterocycles. The highest BCUT2D eigenvalue weighted by molar-refractivity contribution is 5.61. The van der Waals surface area contributed by atoms with Gasteiger partial charge in [0.2, 0.25) is 11.8 Å². The summed E-state index contributed by atoms with van der Waals surface area (Å²) in [7, 11) is 5.79. The fourth-order valence-electron chi connectivity index (χ4n) is 3.45. The van der Waals surface area contributed by atoms with Crippen LogP contribution in [0.5, 0.6) is 17.4 Å². The lowest BCUT2D eigenvalue weighted by atomic mass is 9.84. The third kappa shape index (κ3) is 3.54. The van der Waals surface area contributed by atoms with Crippen LogP contribution >= 0.6 is 0 Å². The molecule has 0 spiro atoms. The van der Waals surface area contributed by atoms with Crippen LogP contribution in [0.2, 0.25) is 0 Å². The molecule has 10 heteroatoms. The number of aliphatic imine (C=N–C) groups is 1. The largest absolute Gasteiger partial charge is 0.493 e. The lowest BCUT2D eigenvalue weighted by molar-refractivity contribution is 0.324. The SMILES string of the molecule is CCO/C=N/C1=C(C#N)C(c2cccc(OC)c2OC)c2c(n(C)c(=O)n(C)c2=O)O1. The van der Waals surface area contributed by atoms with E-state index >= 15 is 0 Å². The fourth-order valence-corrected chi connectivity index (χ4v) is 3.45. The fraction of sp³-hybridized carbons (Fsp3) is 0.333. The van der Waals surface area contributed by atoms with Gasteiger partial charge < -0.3 is 18.9 Å². The molecule has 1 unspecified atom stereocenters. The summed E-state index contributed by atoms with van der Waals surface area (Å²) in [6.07, 6.45) is 1.15. The van der Waals surface area contributed by atoms with E-state index < -0.39 is 17.2 Å². The van der Waals surface area contributed by atoms with Crippen molar-refractivity contribution < 1.29 is 18.9 Å². The van der Waals surface area contributed by atoms with E-state index in [4.69, 9.17) is 18.9 Å². The van der Waals surface area contributed by atoms with Crippen molar-refractivity contribution in [3.63, 3.8) is 0 Å². The first-order valence-electron chi connectivity index (χ1n) is 9.38. The number of rotatable bonds is 6. The second kappa shape index (κ2) is 8.79. The Bertz CT molecular complexity index is 1230. The van der Waals surface area contributed by atoms with E-state index in [2.05, 4.69) is 11.1 Å². The maximum atomic E-state index is 13.2. The first-order chi connectivity index (χ1) is 14.9. The quantitative estimate of drug-likeness (QED) is 0.506. The molecule has 0 amide bonds. The van der Waals surface area contributed by atoms with Crippen LogP contribution in [0.4, 0.5) is 0 Å². The zero-order valence-corrected chi connectivity index (χ0v) is 17.8. The summed E-state index contributed by atoms with van der Waals surface area (Å²) in [6.45, 7) is 2.14. The molecule has 0 radical (unpaired) electrons. The number of para-hydroxylation sites is 1. The number of nitriles is 1. The molecule has 0 aliphatic carbocycles. The summed E-state index contributed by atoms with van der Waals surface area (Å²) in [4.78, 5) is 29.8. The van der Waals surface area contributed by atoms with Crippen molar-refractivity contribution in [2.45, 2.75) is 12.8 Å². The predicted octanol–water partition coefficient (Wildman–Crippen LogP) is 1.43. The van der Waals surface area contributed by atoms with Crippen molar-refractivity contribution >= 4 is 6.40 Å². The summed E-state index contributed by atoms with van der Waals surface area (Å²) >= 11 is 0. The Hall–Kier alpha value is -4.00. The van der Waals surface area contributed by atoms with E-state index in [1.54, 1.807) is 25.1 Å². The summed E-state index contributed by atoms with van der Waals surface area (Å²) < 4.78 is 24.0. The van der Waals surface area contributed by atoms with Crippen molar-refractivity contribution in [1.82, 2.24) is 9.13 Å². The third-order valence-electron chi connectivity index (χ3n) is 4.92. The van der Waals surface area contributed by atoms with Crippen LogP contribution in [0.1, 0.15) is 24.0 Å². The molecule has 0 bridgehead atoms. The summed E-state index contributed by atoms with van der Waals surface area (Å²) in [5.74, 6) is -0.240. The molecule has 3 rings (SSSR count). The van der Waals surface area contributed by atoms with Gasteiger partial charge in [0.05, 0.1) is 32.3 Å². The van der Waals surface area contributed by atoms with Crippen molar-refractivity contribution in [1.29, 1.82) is 5.26 Å². The minimum Gasteiger partial charge on any atom is -0.493 e. The van der Waals surface area contributed by atoms with Gasteiger partial charge in [-0.25, -0.2) is 4.79 Å². The monoisotopic (exact) mass is 426 g/mol. The molecule has 2 aromatic rings. The average Bonchev–Trinajstić information content (AvgIpc) is 2.79. The average molecular weight is 426 g/mol. The Labute approximate surface area is 178 Å². The topological polar surface area (TPSA) is 117 Å². The summed E-state index contributed by atoms with van der Waals surface area (Å²) in [5.41, 5.74) is -0.501. The maximum absolute atomic E-state index is 13.2. The number of aromatic nitrogens is 2. The summed E-state index contributed by atoms with van der Waals surface area (Å²) in [6, 6.07) is 7.23. The van der Waals surface area contributed by atoms with E-state index in [0.29, 0.717) is 23.7 Å². The summed E-state index contributed by atoms with van der Waals surface area (Å²) in [5, 5.41) is 10.00. The second-order valence-electron chi connectivity index (χ2n) is 6.56.